The summed E-state index contributed by atoms with van der Waals surface area (Å²) in [6, 6.07) is 15.6. The Bertz CT molecular complexity index is 708. The van der Waals surface area contributed by atoms with Crippen molar-refractivity contribution in [2.75, 3.05) is 6.54 Å². The van der Waals surface area contributed by atoms with Gasteiger partial charge in [0.15, 0.2) is 0 Å². The van der Waals surface area contributed by atoms with Crippen LogP contribution in [0.5, 0.6) is 0 Å². The number of carbonyl (C=O) groups is 1. The van der Waals surface area contributed by atoms with Gasteiger partial charge in [0.05, 0.1) is 0 Å². The van der Waals surface area contributed by atoms with Crippen LogP contribution < -0.4 is 11.1 Å². The standard InChI is InChI=1S/C20H24N2O.ClH/c1-14-7-9-16(10-8-14)18(21)19(23)22-13-20(11-12-20)17-6-4-3-5-15(17)2;/h3-10,18H,11-13,21H2,1-2H3,(H,22,23);1H. The average Bonchev–Trinajstić information content (AvgIpc) is 3.34. The third kappa shape index (κ3) is 3.80. The van der Waals surface area contributed by atoms with Gasteiger partial charge in [-0.2, -0.15) is 0 Å². The van der Waals surface area contributed by atoms with Crippen LogP contribution in [-0.4, -0.2) is 12.5 Å². The number of halogens is 1. The van der Waals surface area contributed by atoms with Gasteiger partial charge in [0.25, 0.3) is 0 Å². The van der Waals surface area contributed by atoms with Crippen LogP contribution in [0.1, 0.15) is 41.1 Å². The van der Waals surface area contributed by atoms with E-state index in [4.69, 9.17) is 5.73 Å². The van der Waals surface area contributed by atoms with Gasteiger partial charge in [-0.05, 0) is 43.4 Å². The van der Waals surface area contributed by atoms with Crippen molar-refractivity contribution in [1.29, 1.82) is 0 Å². The van der Waals surface area contributed by atoms with E-state index in [1.54, 1.807) is 0 Å². The fraction of sp³-hybridized carbons (Fsp3) is 0.350. The molecular weight excluding hydrogens is 320 g/mol. The number of carbonyl (C=O) groups excluding carboxylic acids is 1. The predicted octanol–water partition coefficient (Wildman–Crippen LogP) is 3.57. The van der Waals surface area contributed by atoms with Crippen molar-refractivity contribution in [1.82, 2.24) is 5.32 Å². The smallest absolute Gasteiger partial charge is 0.241 e. The monoisotopic (exact) mass is 344 g/mol. The molecule has 3 nitrogen and oxygen atoms in total. The van der Waals surface area contributed by atoms with Crippen molar-refractivity contribution in [2.45, 2.75) is 38.1 Å². The van der Waals surface area contributed by atoms with E-state index in [0.29, 0.717) is 6.54 Å². The van der Waals surface area contributed by atoms with Crippen molar-refractivity contribution < 1.29 is 4.79 Å². The Kier molecular flexibility index (Phi) is 5.68. The molecule has 2 aromatic carbocycles. The number of aryl methyl sites for hydroxylation is 2. The minimum absolute atomic E-state index is 0. The van der Waals surface area contributed by atoms with Crippen LogP contribution >= 0.6 is 12.4 Å². The van der Waals surface area contributed by atoms with Crippen molar-refractivity contribution in [3.05, 3.63) is 70.8 Å². The Morgan fingerprint density at radius 1 is 1.12 bits per heavy atom. The lowest BCUT2D eigenvalue weighted by Gasteiger charge is -2.20. The van der Waals surface area contributed by atoms with Crippen molar-refractivity contribution >= 4 is 18.3 Å². The van der Waals surface area contributed by atoms with Crippen LogP contribution in [0.25, 0.3) is 0 Å². The summed E-state index contributed by atoms with van der Waals surface area (Å²) in [4.78, 5) is 12.4. The molecule has 0 saturated heterocycles. The largest absolute Gasteiger partial charge is 0.354 e. The van der Waals surface area contributed by atoms with Crippen molar-refractivity contribution in [3.8, 4) is 0 Å². The molecule has 3 N–H and O–H groups in total. The van der Waals surface area contributed by atoms with E-state index in [9.17, 15) is 4.79 Å². The number of hydrogen-bond donors (Lipinski definition) is 2. The Labute approximate surface area is 150 Å². The van der Waals surface area contributed by atoms with Crippen LogP contribution in [0, 0.1) is 13.8 Å². The zero-order valence-electron chi connectivity index (χ0n) is 14.2. The first-order valence-corrected chi connectivity index (χ1v) is 8.18. The van der Waals surface area contributed by atoms with Gasteiger partial charge in [-0.3, -0.25) is 4.79 Å². The molecule has 128 valence electrons. The lowest BCUT2D eigenvalue weighted by atomic mass is 9.91. The molecule has 1 aliphatic carbocycles. The molecule has 0 bridgehead atoms. The number of nitrogens with two attached hydrogens (primary N) is 1. The Morgan fingerprint density at radius 3 is 2.33 bits per heavy atom. The fourth-order valence-electron chi connectivity index (χ4n) is 3.15. The van der Waals surface area contributed by atoms with Gasteiger partial charge in [0.2, 0.25) is 5.91 Å². The summed E-state index contributed by atoms with van der Waals surface area (Å²) < 4.78 is 0. The summed E-state index contributed by atoms with van der Waals surface area (Å²) in [5, 5.41) is 3.06. The third-order valence-electron chi connectivity index (χ3n) is 4.89. The highest BCUT2D eigenvalue weighted by molar-refractivity contribution is 5.85. The fourth-order valence-corrected chi connectivity index (χ4v) is 3.15. The van der Waals surface area contributed by atoms with Crippen LogP contribution in [0.15, 0.2) is 48.5 Å². The first kappa shape index (κ1) is 18.5. The first-order valence-electron chi connectivity index (χ1n) is 8.18. The second-order valence-corrected chi connectivity index (χ2v) is 6.70. The molecule has 4 heteroatoms. The van der Waals surface area contributed by atoms with E-state index in [-0.39, 0.29) is 23.7 Å². The maximum absolute atomic E-state index is 12.4. The van der Waals surface area contributed by atoms with Gasteiger partial charge in [-0.25, -0.2) is 0 Å². The lowest BCUT2D eigenvalue weighted by Crippen LogP contribution is -2.38. The van der Waals surface area contributed by atoms with E-state index in [2.05, 4.69) is 36.5 Å². The van der Waals surface area contributed by atoms with Gasteiger partial charge in [-0.15, -0.1) is 12.4 Å². The molecule has 0 heterocycles. The third-order valence-corrected chi connectivity index (χ3v) is 4.89. The SMILES string of the molecule is Cc1ccc(C(N)C(=O)NCC2(c3ccccc3C)CC2)cc1.Cl. The van der Waals surface area contributed by atoms with E-state index in [1.807, 2.05) is 31.2 Å². The number of benzene rings is 2. The van der Waals surface area contributed by atoms with Crippen molar-refractivity contribution in [2.24, 2.45) is 5.73 Å². The molecule has 0 aliphatic heterocycles. The van der Waals surface area contributed by atoms with Crippen molar-refractivity contribution in [3.63, 3.8) is 0 Å². The summed E-state index contributed by atoms with van der Waals surface area (Å²) >= 11 is 0. The number of amides is 1. The molecule has 0 radical (unpaired) electrons. The minimum Gasteiger partial charge on any atom is -0.354 e. The number of nitrogens with one attached hydrogen (secondary N) is 1. The minimum atomic E-state index is -0.608. The van der Waals surface area contributed by atoms with Gasteiger partial charge in [0.1, 0.15) is 6.04 Å². The Balaban J connectivity index is 0.00000208. The molecule has 1 fully saturated rings. The topological polar surface area (TPSA) is 55.1 Å². The van der Waals surface area contributed by atoms with Gasteiger partial charge in [-0.1, -0.05) is 54.1 Å². The summed E-state index contributed by atoms with van der Waals surface area (Å²) in [5.41, 5.74) is 10.9. The quantitative estimate of drug-likeness (QED) is 0.871. The maximum atomic E-state index is 12.4. The van der Waals surface area contributed by atoms with E-state index in [0.717, 1.165) is 24.0 Å². The molecule has 0 spiro atoms. The molecule has 3 rings (SSSR count). The van der Waals surface area contributed by atoms with E-state index < -0.39 is 6.04 Å². The molecule has 0 aromatic heterocycles. The molecular formula is C20H25ClN2O. The predicted molar refractivity (Wildman–Crippen MR) is 100 cm³/mol. The van der Waals surface area contributed by atoms with Crippen LogP contribution in [-0.2, 0) is 10.2 Å². The summed E-state index contributed by atoms with van der Waals surface area (Å²) in [5.74, 6) is -0.103. The lowest BCUT2D eigenvalue weighted by molar-refractivity contribution is -0.122. The van der Waals surface area contributed by atoms with Gasteiger partial charge < -0.3 is 11.1 Å². The second kappa shape index (κ2) is 7.37. The van der Waals surface area contributed by atoms with Crippen LogP contribution in [0.2, 0.25) is 0 Å². The zero-order chi connectivity index (χ0) is 16.4. The summed E-state index contributed by atoms with van der Waals surface area (Å²) in [6.45, 7) is 4.82. The average molecular weight is 345 g/mol. The first-order chi connectivity index (χ1) is 11.0. The Hall–Kier alpha value is -1.84. The molecule has 24 heavy (non-hydrogen) atoms. The van der Waals surface area contributed by atoms with Gasteiger partial charge in [0, 0.05) is 12.0 Å². The molecule has 1 amide bonds. The molecule has 1 saturated carbocycles. The number of rotatable bonds is 5. The maximum Gasteiger partial charge on any atom is 0.241 e. The summed E-state index contributed by atoms with van der Waals surface area (Å²) in [6.07, 6.45) is 2.25. The van der Waals surface area contributed by atoms with Crippen LogP contribution in [0.4, 0.5) is 0 Å². The highest BCUT2D eigenvalue weighted by Crippen LogP contribution is 2.48. The molecule has 1 atom stereocenters. The van der Waals surface area contributed by atoms with Gasteiger partial charge >= 0.3 is 0 Å². The normalized spacial score (nSPS) is 16.0. The van der Waals surface area contributed by atoms with Crippen LogP contribution in [0.3, 0.4) is 0 Å². The zero-order valence-corrected chi connectivity index (χ0v) is 15.0. The molecule has 1 aliphatic rings. The highest BCUT2D eigenvalue weighted by Gasteiger charge is 2.45. The summed E-state index contributed by atoms with van der Waals surface area (Å²) in [7, 11) is 0. The van der Waals surface area contributed by atoms with E-state index >= 15 is 0 Å². The molecule has 2 aromatic rings. The Morgan fingerprint density at radius 2 is 1.75 bits per heavy atom. The van der Waals surface area contributed by atoms with E-state index in [1.165, 1.54) is 11.1 Å². The number of hydrogen-bond acceptors (Lipinski definition) is 2. The molecule has 1 unspecified atom stereocenters. The highest BCUT2D eigenvalue weighted by atomic mass is 35.5. The second-order valence-electron chi connectivity index (χ2n) is 6.70.